The van der Waals surface area contributed by atoms with Crippen LogP contribution in [0.3, 0.4) is 0 Å². The van der Waals surface area contributed by atoms with Gasteiger partial charge in [0.1, 0.15) is 11.1 Å². The SMILES string of the molecule is COC(=O)c1c(N)c(C#N)cn1-c1cccc(-c2nc(-c3ccc(C)cc3C)cs2)c1. The number of nitriles is 1. The first kappa shape index (κ1) is 20.4. The van der Waals surface area contributed by atoms with E-state index in [1.165, 1.54) is 18.2 Å². The Morgan fingerprint density at radius 2 is 2.03 bits per heavy atom. The first-order valence-corrected chi connectivity index (χ1v) is 10.4. The predicted molar refractivity (Wildman–Crippen MR) is 122 cm³/mol. The number of aryl methyl sites for hydroxylation is 2. The maximum Gasteiger partial charge on any atom is 0.357 e. The van der Waals surface area contributed by atoms with E-state index in [-0.39, 0.29) is 16.9 Å². The predicted octanol–water partition coefficient (Wildman–Crippen LogP) is 5.13. The van der Waals surface area contributed by atoms with E-state index in [1.54, 1.807) is 22.1 Å². The Hall–Kier alpha value is -3.89. The zero-order valence-corrected chi connectivity index (χ0v) is 18.2. The number of rotatable bonds is 4. The molecule has 0 aliphatic carbocycles. The number of nitrogens with zero attached hydrogens (tertiary/aromatic N) is 3. The van der Waals surface area contributed by atoms with Crippen LogP contribution >= 0.6 is 11.3 Å². The molecule has 154 valence electrons. The van der Waals surface area contributed by atoms with E-state index in [0.29, 0.717) is 5.69 Å². The van der Waals surface area contributed by atoms with Crippen LogP contribution in [0.1, 0.15) is 27.2 Å². The Balaban J connectivity index is 1.77. The fourth-order valence-electron chi connectivity index (χ4n) is 3.54. The minimum absolute atomic E-state index is 0.103. The molecule has 4 aromatic rings. The van der Waals surface area contributed by atoms with Gasteiger partial charge in [-0.3, -0.25) is 0 Å². The van der Waals surface area contributed by atoms with Gasteiger partial charge in [0.2, 0.25) is 0 Å². The van der Waals surface area contributed by atoms with E-state index in [2.05, 4.69) is 32.0 Å². The van der Waals surface area contributed by atoms with E-state index >= 15 is 0 Å². The molecule has 0 saturated heterocycles. The van der Waals surface area contributed by atoms with E-state index in [0.717, 1.165) is 21.8 Å². The number of thiazole rings is 1. The van der Waals surface area contributed by atoms with Gasteiger partial charge in [-0.1, -0.05) is 35.9 Å². The second kappa shape index (κ2) is 8.09. The second-order valence-electron chi connectivity index (χ2n) is 7.19. The number of ether oxygens (including phenoxy) is 1. The van der Waals surface area contributed by atoms with Crippen molar-refractivity contribution in [3.63, 3.8) is 0 Å². The van der Waals surface area contributed by atoms with Gasteiger partial charge in [0, 0.05) is 28.4 Å². The first-order chi connectivity index (χ1) is 14.9. The number of benzene rings is 2. The summed E-state index contributed by atoms with van der Waals surface area (Å²) >= 11 is 1.55. The van der Waals surface area contributed by atoms with Gasteiger partial charge in [0.15, 0.2) is 5.69 Å². The highest BCUT2D eigenvalue weighted by Crippen LogP contribution is 2.32. The van der Waals surface area contributed by atoms with Gasteiger partial charge < -0.3 is 15.0 Å². The van der Waals surface area contributed by atoms with E-state index in [4.69, 9.17) is 15.5 Å². The Morgan fingerprint density at radius 3 is 2.74 bits per heavy atom. The molecule has 0 saturated carbocycles. The normalized spacial score (nSPS) is 10.6. The summed E-state index contributed by atoms with van der Waals surface area (Å²) in [5.74, 6) is -0.601. The molecule has 0 atom stereocenters. The topological polar surface area (TPSA) is 93.9 Å². The fraction of sp³-hybridized carbons (Fsp3) is 0.125. The first-order valence-electron chi connectivity index (χ1n) is 9.56. The molecule has 2 heterocycles. The van der Waals surface area contributed by atoms with Crippen molar-refractivity contribution in [2.75, 3.05) is 12.8 Å². The number of nitrogen functional groups attached to an aromatic ring is 1. The van der Waals surface area contributed by atoms with Crippen molar-refractivity contribution in [2.45, 2.75) is 13.8 Å². The number of esters is 1. The van der Waals surface area contributed by atoms with Crippen LogP contribution in [0.4, 0.5) is 5.69 Å². The lowest BCUT2D eigenvalue weighted by atomic mass is 10.0. The van der Waals surface area contributed by atoms with Gasteiger partial charge in [-0.15, -0.1) is 11.3 Å². The van der Waals surface area contributed by atoms with Crippen LogP contribution in [0, 0.1) is 25.2 Å². The molecule has 2 aromatic carbocycles. The van der Waals surface area contributed by atoms with Gasteiger partial charge in [0.05, 0.1) is 24.1 Å². The van der Waals surface area contributed by atoms with Crippen LogP contribution in [0.5, 0.6) is 0 Å². The minimum Gasteiger partial charge on any atom is -0.464 e. The quantitative estimate of drug-likeness (QED) is 0.455. The summed E-state index contributed by atoms with van der Waals surface area (Å²) in [5, 5.41) is 12.2. The van der Waals surface area contributed by atoms with Crippen molar-refractivity contribution in [3.8, 4) is 33.6 Å². The molecule has 2 aromatic heterocycles. The fourth-order valence-corrected chi connectivity index (χ4v) is 4.36. The minimum atomic E-state index is -0.601. The van der Waals surface area contributed by atoms with Gasteiger partial charge in [-0.2, -0.15) is 5.26 Å². The third-order valence-electron chi connectivity index (χ3n) is 5.08. The molecule has 0 aliphatic rings. The van der Waals surface area contributed by atoms with Crippen LogP contribution < -0.4 is 5.73 Å². The molecule has 0 aliphatic heterocycles. The summed E-state index contributed by atoms with van der Waals surface area (Å²) < 4.78 is 6.45. The number of methoxy groups -OCH3 is 1. The molecule has 0 unspecified atom stereocenters. The number of hydrogen-bond acceptors (Lipinski definition) is 6. The molecule has 31 heavy (non-hydrogen) atoms. The lowest BCUT2D eigenvalue weighted by Gasteiger charge is -2.09. The number of hydrogen-bond donors (Lipinski definition) is 1. The van der Waals surface area contributed by atoms with Crippen molar-refractivity contribution in [3.05, 3.63) is 76.4 Å². The van der Waals surface area contributed by atoms with Crippen LogP contribution in [-0.4, -0.2) is 22.6 Å². The molecular formula is C24H20N4O2S. The summed E-state index contributed by atoms with van der Waals surface area (Å²) in [6.07, 6.45) is 1.55. The average molecular weight is 429 g/mol. The molecule has 7 heteroatoms. The molecule has 0 bridgehead atoms. The number of carbonyl (C=O) groups is 1. The van der Waals surface area contributed by atoms with Crippen LogP contribution in [0.25, 0.3) is 27.5 Å². The monoisotopic (exact) mass is 428 g/mol. The zero-order chi connectivity index (χ0) is 22.1. The third kappa shape index (κ3) is 3.69. The smallest absolute Gasteiger partial charge is 0.357 e. The standard InChI is InChI=1S/C24H20N4O2S/c1-14-7-8-19(15(2)9-14)20-13-31-23(27-20)16-5-4-6-18(10-16)28-12-17(11-25)21(26)22(28)24(29)30-3/h4-10,12-13H,26H2,1-3H3. The van der Waals surface area contributed by atoms with Crippen molar-refractivity contribution in [1.82, 2.24) is 9.55 Å². The van der Waals surface area contributed by atoms with Crippen LogP contribution in [0.15, 0.2) is 54.0 Å². The van der Waals surface area contributed by atoms with Gasteiger partial charge >= 0.3 is 5.97 Å². The maximum absolute atomic E-state index is 12.3. The maximum atomic E-state index is 12.3. The molecule has 0 amide bonds. The summed E-state index contributed by atoms with van der Waals surface area (Å²) in [6, 6.07) is 15.9. The largest absolute Gasteiger partial charge is 0.464 e. The van der Waals surface area contributed by atoms with E-state index in [1.807, 2.05) is 35.7 Å². The third-order valence-corrected chi connectivity index (χ3v) is 5.97. The molecule has 0 spiro atoms. The van der Waals surface area contributed by atoms with Gasteiger partial charge in [0.25, 0.3) is 0 Å². The molecular weight excluding hydrogens is 408 g/mol. The van der Waals surface area contributed by atoms with Gasteiger partial charge in [-0.25, -0.2) is 9.78 Å². The van der Waals surface area contributed by atoms with Crippen molar-refractivity contribution in [2.24, 2.45) is 0 Å². The zero-order valence-electron chi connectivity index (χ0n) is 17.3. The van der Waals surface area contributed by atoms with Crippen molar-refractivity contribution < 1.29 is 9.53 Å². The highest BCUT2D eigenvalue weighted by Gasteiger charge is 2.22. The van der Waals surface area contributed by atoms with E-state index < -0.39 is 5.97 Å². The molecule has 0 radical (unpaired) electrons. The lowest BCUT2D eigenvalue weighted by molar-refractivity contribution is 0.0593. The van der Waals surface area contributed by atoms with Crippen LogP contribution in [-0.2, 0) is 4.74 Å². The Kier molecular flexibility index (Phi) is 5.32. The highest BCUT2D eigenvalue weighted by molar-refractivity contribution is 7.13. The lowest BCUT2D eigenvalue weighted by Crippen LogP contribution is -2.11. The summed E-state index contributed by atoms with van der Waals surface area (Å²) in [7, 11) is 1.28. The Labute approximate surface area is 184 Å². The molecule has 2 N–H and O–H groups in total. The number of nitrogens with two attached hydrogens (primary N) is 1. The molecule has 6 nitrogen and oxygen atoms in total. The molecule has 0 fully saturated rings. The number of carbonyl (C=O) groups excluding carboxylic acids is 1. The Bertz CT molecular complexity index is 1340. The molecule has 4 rings (SSSR count). The highest BCUT2D eigenvalue weighted by atomic mass is 32.1. The second-order valence-corrected chi connectivity index (χ2v) is 8.04. The van der Waals surface area contributed by atoms with Gasteiger partial charge in [-0.05, 0) is 31.5 Å². The van der Waals surface area contributed by atoms with E-state index in [9.17, 15) is 10.1 Å². The number of aromatic nitrogens is 2. The van der Waals surface area contributed by atoms with Crippen LogP contribution in [0.2, 0.25) is 0 Å². The summed E-state index contributed by atoms with van der Waals surface area (Å²) in [6.45, 7) is 4.16. The summed E-state index contributed by atoms with van der Waals surface area (Å²) in [4.78, 5) is 17.1. The average Bonchev–Trinajstić information content (AvgIpc) is 3.38. The van der Waals surface area contributed by atoms with Crippen molar-refractivity contribution in [1.29, 1.82) is 5.26 Å². The number of anilines is 1. The summed E-state index contributed by atoms with van der Waals surface area (Å²) in [5.41, 5.74) is 12.5. The van der Waals surface area contributed by atoms with Crippen molar-refractivity contribution >= 4 is 23.0 Å². The Morgan fingerprint density at radius 1 is 1.23 bits per heavy atom.